The quantitative estimate of drug-likeness (QED) is 0.745. The summed E-state index contributed by atoms with van der Waals surface area (Å²) in [5, 5.41) is 0. The molecule has 1 aromatic rings. The summed E-state index contributed by atoms with van der Waals surface area (Å²) < 4.78 is 5.24. The van der Waals surface area contributed by atoms with Crippen molar-refractivity contribution in [2.24, 2.45) is 5.73 Å². The third-order valence-corrected chi connectivity index (χ3v) is 2.97. The summed E-state index contributed by atoms with van der Waals surface area (Å²) >= 11 is 0. The molecular formula is C14H23NO. The summed E-state index contributed by atoms with van der Waals surface area (Å²) in [5.41, 5.74) is 8.53. The molecule has 0 fully saturated rings. The van der Waals surface area contributed by atoms with Crippen LogP contribution in [0.5, 0.6) is 5.75 Å². The molecule has 16 heavy (non-hydrogen) atoms. The minimum atomic E-state index is 0.163. The molecule has 0 radical (unpaired) electrons. The zero-order chi connectivity index (χ0) is 12.0. The molecular weight excluding hydrogens is 198 g/mol. The number of aryl methyl sites for hydroxylation is 1. The van der Waals surface area contributed by atoms with Crippen LogP contribution in [0.1, 0.15) is 49.8 Å². The van der Waals surface area contributed by atoms with Crippen molar-refractivity contribution in [2.45, 2.75) is 45.6 Å². The standard InChI is InChI=1S/C14H23NO/c1-4-5-6-7-13(15)12-8-9-14(16-3)11(2)10-12/h8-10,13H,4-7,15H2,1-3H3/t13-/m1/s1. The van der Waals surface area contributed by atoms with Crippen LogP contribution < -0.4 is 10.5 Å². The van der Waals surface area contributed by atoms with E-state index in [-0.39, 0.29) is 6.04 Å². The fraction of sp³-hybridized carbons (Fsp3) is 0.571. The Labute approximate surface area is 98.8 Å². The van der Waals surface area contributed by atoms with Gasteiger partial charge in [-0.15, -0.1) is 0 Å². The maximum Gasteiger partial charge on any atom is 0.121 e. The topological polar surface area (TPSA) is 35.2 Å². The molecule has 0 aliphatic heterocycles. The van der Waals surface area contributed by atoms with Crippen LogP contribution in [0.4, 0.5) is 0 Å². The fourth-order valence-electron chi connectivity index (χ4n) is 1.91. The van der Waals surface area contributed by atoms with E-state index in [0.29, 0.717) is 0 Å². The van der Waals surface area contributed by atoms with E-state index in [1.54, 1.807) is 7.11 Å². The van der Waals surface area contributed by atoms with Gasteiger partial charge in [0, 0.05) is 6.04 Å². The van der Waals surface area contributed by atoms with Gasteiger partial charge in [-0.25, -0.2) is 0 Å². The summed E-state index contributed by atoms with van der Waals surface area (Å²) in [5.74, 6) is 0.935. The van der Waals surface area contributed by atoms with E-state index in [1.165, 1.54) is 24.8 Å². The van der Waals surface area contributed by atoms with E-state index in [1.807, 2.05) is 6.07 Å². The fourth-order valence-corrected chi connectivity index (χ4v) is 1.91. The van der Waals surface area contributed by atoms with Crippen LogP contribution in [-0.4, -0.2) is 7.11 Å². The Kier molecular flexibility index (Phi) is 5.33. The predicted molar refractivity (Wildman–Crippen MR) is 68.8 cm³/mol. The highest BCUT2D eigenvalue weighted by atomic mass is 16.5. The third kappa shape index (κ3) is 3.53. The van der Waals surface area contributed by atoms with Gasteiger partial charge in [0.25, 0.3) is 0 Å². The molecule has 0 heterocycles. The first-order valence-corrected chi connectivity index (χ1v) is 6.09. The van der Waals surface area contributed by atoms with Gasteiger partial charge in [-0.3, -0.25) is 0 Å². The summed E-state index contributed by atoms with van der Waals surface area (Å²) in [6.45, 7) is 4.27. The van der Waals surface area contributed by atoms with Gasteiger partial charge < -0.3 is 10.5 Å². The zero-order valence-electron chi connectivity index (χ0n) is 10.6. The van der Waals surface area contributed by atoms with Crippen LogP contribution in [0.15, 0.2) is 18.2 Å². The number of ether oxygens (including phenoxy) is 1. The lowest BCUT2D eigenvalue weighted by molar-refractivity contribution is 0.411. The Balaban J connectivity index is 2.62. The highest BCUT2D eigenvalue weighted by molar-refractivity contribution is 5.37. The van der Waals surface area contributed by atoms with Gasteiger partial charge in [-0.1, -0.05) is 38.3 Å². The average molecular weight is 221 g/mol. The number of rotatable bonds is 6. The lowest BCUT2D eigenvalue weighted by Crippen LogP contribution is -2.10. The van der Waals surface area contributed by atoms with Crippen molar-refractivity contribution >= 4 is 0 Å². The van der Waals surface area contributed by atoms with E-state index in [4.69, 9.17) is 10.5 Å². The molecule has 90 valence electrons. The van der Waals surface area contributed by atoms with Crippen LogP contribution in [0.25, 0.3) is 0 Å². The SMILES string of the molecule is CCCCC[C@@H](N)c1ccc(OC)c(C)c1. The first-order chi connectivity index (χ1) is 7.69. The minimum Gasteiger partial charge on any atom is -0.496 e. The molecule has 0 saturated carbocycles. The Bertz CT molecular complexity index is 323. The number of hydrogen-bond acceptors (Lipinski definition) is 2. The van der Waals surface area contributed by atoms with E-state index in [9.17, 15) is 0 Å². The van der Waals surface area contributed by atoms with Gasteiger partial charge >= 0.3 is 0 Å². The molecule has 0 amide bonds. The Morgan fingerprint density at radius 3 is 2.62 bits per heavy atom. The summed E-state index contributed by atoms with van der Waals surface area (Å²) in [4.78, 5) is 0. The van der Waals surface area contributed by atoms with Crippen molar-refractivity contribution < 1.29 is 4.74 Å². The third-order valence-electron chi connectivity index (χ3n) is 2.97. The molecule has 0 spiro atoms. The van der Waals surface area contributed by atoms with Crippen LogP contribution in [0.2, 0.25) is 0 Å². The molecule has 2 nitrogen and oxygen atoms in total. The molecule has 1 rings (SSSR count). The first kappa shape index (κ1) is 13.0. The zero-order valence-corrected chi connectivity index (χ0v) is 10.6. The molecule has 1 aromatic carbocycles. The molecule has 1 atom stereocenters. The lowest BCUT2D eigenvalue weighted by atomic mass is 9.99. The summed E-state index contributed by atoms with van der Waals surface area (Å²) in [7, 11) is 1.70. The van der Waals surface area contributed by atoms with Gasteiger partial charge in [0.1, 0.15) is 5.75 Å². The normalized spacial score (nSPS) is 12.5. The average Bonchev–Trinajstić information content (AvgIpc) is 2.29. The van der Waals surface area contributed by atoms with Crippen LogP contribution in [0, 0.1) is 6.92 Å². The number of unbranched alkanes of at least 4 members (excludes halogenated alkanes) is 2. The maximum atomic E-state index is 6.16. The summed E-state index contributed by atoms with van der Waals surface area (Å²) in [6.07, 6.45) is 4.79. The minimum absolute atomic E-state index is 0.163. The monoisotopic (exact) mass is 221 g/mol. The second kappa shape index (κ2) is 6.54. The molecule has 0 aromatic heterocycles. The van der Waals surface area contributed by atoms with E-state index in [2.05, 4.69) is 26.0 Å². The number of methoxy groups -OCH3 is 1. The molecule has 2 N–H and O–H groups in total. The molecule has 0 aliphatic rings. The van der Waals surface area contributed by atoms with Crippen LogP contribution >= 0.6 is 0 Å². The lowest BCUT2D eigenvalue weighted by Gasteiger charge is -2.14. The van der Waals surface area contributed by atoms with Gasteiger partial charge in [-0.05, 0) is 30.5 Å². The van der Waals surface area contributed by atoms with Crippen molar-refractivity contribution in [1.82, 2.24) is 0 Å². The first-order valence-electron chi connectivity index (χ1n) is 6.09. The number of hydrogen-bond donors (Lipinski definition) is 1. The number of benzene rings is 1. The van der Waals surface area contributed by atoms with Crippen molar-refractivity contribution in [3.63, 3.8) is 0 Å². The molecule has 0 saturated heterocycles. The molecule has 0 unspecified atom stereocenters. The van der Waals surface area contributed by atoms with Gasteiger partial charge in [0.05, 0.1) is 7.11 Å². The molecule has 0 bridgehead atoms. The van der Waals surface area contributed by atoms with Gasteiger partial charge in [0.2, 0.25) is 0 Å². The Hall–Kier alpha value is -1.02. The van der Waals surface area contributed by atoms with E-state index in [0.717, 1.165) is 17.7 Å². The summed E-state index contributed by atoms with van der Waals surface area (Å²) in [6, 6.07) is 6.37. The van der Waals surface area contributed by atoms with Crippen molar-refractivity contribution in [3.05, 3.63) is 29.3 Å². The predicted octanol–water partition coefficient (Wildman–Crippen LogP) is 3.58. The van der Waals surface area contributed by atoms with Crippen molar-refractivity contribution in [1.29, 1.82) is 0 Å². The van der Waals surface area contributed by atoms with Crippen LogP contribution in [-0.2, 0) is 0 Å². The van der Waals surface area contributed by atoms with Crippen LogP contribution in [0.3, 0.4) is 0 Å². The van der Waals surface area contributed by atoms with E-state index >= 15 is 0 Å². The highest BCUT2D eigenvalue weighted by Crippen LogP contribution is 2.24. The highest BCUT2D eigenvalue weighted by Gasteiger charge is 2.07. The maximum absolute atomic E-state index is 6.16. The van der Waals surface area contributed by atoms with Crippen molar-refractivity contribution in [2.75, 3.05) is 7.11 Å². The number of nitrogens with two attached hydrogens (primary N) is 1. The van der Waals surface area contributed by atoms with Crippen molar-refractivity contribution in [3.8, 4) is 5.75 Å². The molecule has 2 heteroatoms. The smallest absolute Gasteiger partial charge is 0.121 e. The van der Waals surface area contributed by atoms with E-state index < -0.39 is 0 Å². The Morgan fingerprint density at radius 1 is 1.31 bits per heavy atom. The largest absolute Gasteiger partial charge is 0.496 e. The Morgan fingerprint density at radius 2 is 2.06 bits per heavy atom. The van der Waals surface area contributed by atoms with Gasteiger partial charge in [-0.2, -0.15) is 0 Å². The second-order valence-corrected chi connectivity index (χ2v) is 4.33. The molecule has 0 aliphatic carbocycles. The van der Waals surface area contributed by atoms with Gasteiger partial charge in [0.15, 0.2) is 0 Å². The second-order valence-electron chi connectivity index (χ2n) is 4.33.